The first kappa shape index (κ1) is 16.2. The Kier molecular flexibility index (Phi) is 7.14. The SMILES string of the molecule is CC(C)CCCC(C)NC(=O)c1ccc(CBr)cc1. The minimum atomic E-state index is 0.0261. The second-order valence-electron chi connectivity index (χ2n) is 5.53. The molecule has 0 saturated heterocycles. The van der Waals surface area contributed by atoms with E-state index in [0.29, 0.717) is 0 Å². The standard InChI is InChI=1S/C16H24BrNO/c1-12(2)5-4-6-13(3)18-16(19)15-9-7-14(11-17)8-10-15/h7-10,12-13H,4-6,11H2,1-3H3,(H,18,19). The van der Waals surface area contributed by atoms with Crippen molar-refractivity contribution in [2.24, 2.45) is 5.92 Å². The highest BCUT2D eigenvalue weighted by molar-refractivity contribution is 9.08. The molecule has 1 aromatic rings. The van der Waals surface area contributed by atoms with Gasteiger partial charge in [-0.15, -0.1) is 0 Å². The van der Waals surface area contributed by atoms with Crippen LogP contribution in [0.2, 0.25) is 0 Å². The molecule has 1 amide bonds. The zero-order valence-corrected chi connectivity index (χ0v) is 13.7. The van der Waals surface area contributed by atoms with E-state index in [1.165, 1.54) is 18.4 Å². The lowest BCUT2D eigenvalue weighted by Crippen LogP contribution is -2.32. The van der Waals surface area contributed by atoms with E-state index in [9.17, 15) is 4.79 Å². The molecule has 0 aliphatic rings. The van der Waals surface area contributed by atoms with Crippen molar-refractivity contribution in [3.05, 3.63) is 35.4 Å². The molecule has 0 aliphatic heterocycles. The molecule has 0 fully saturated rings. The molecule has 0 aromatic heterocycles. The maximum atomic E-state index is 12.0. The van der Waals surface area contributed by atoms with Crippen molar-refractivity contribution >= 4 is 21.8 Å². The number of amides is 1. The summed E-state index contributed by atoms with van der Waals surface area (Å²) in [7, 11) is 0. The lowest BCUT2D eigenvalue weighted by Gasteiger charge is -2.14. The lowest BCUT2D eigenvalue weighted by molar-refractivity contribution is 0.0938. The third-order valence-corrected chi connectivity index (χ3v) is 3.81. The molecule has 1 atom stereocenters. The Balaban J connectivity index is 2.40. The molecule has 106 valence electrons. The first-order valence-electron chi connectivity index (χ1n) is 6.98. The lowest BCUT2D eigenvalue weighted by atomic mass is 10.0. The number of benzene rings is 1. The van der Waals surface area contributed by atoms with Gasteiger partial charge in [-0.05, 0) is 37.0 Å². The van der Waals surface area contributed by atoms with Gasteiger partial charge in [0.2, 0.25) is 0 Å². The van der Waals surface area contributed by atoms with E-state index < -0.39 is 0 Å². The summed E-state index contributed by atoms with van der Waals surface area (Å²) in [5.41, 5.74) is 1.92. The second kappa shape index (κ2) is 8.36. The van der Waals surface area contributed by atoms with Crippen molar-refractivity contribution in [2.45, 2.75) is 51.4 Å². The highest BCUT2D eigenvalue weighted by Gasteiger charge is 2.09. The number of rotatable bonds is 7. The van der Waals surface area contributed by atoms with Crippen LogP contribution in [0.25, 0.3) is 0 Å². The normalized spacial score (nSPS) is 12.5. The van der Waals surface area contributed by atoms with Crippen LogP contribution in [0.4, 0.5) is 0 Å². The average molecular weight is 326 g/mol. The third kappa shape index (κ3) is 6.24. The van der Waals surface area contributed by atoms with E-state index in [2.05, 4.69) is 42.0 Å². The third-order valence-electron chi connectivity index (χ3n) is 3.17. The first-order chi connectivity index (χ1) is 9.02. The van der Waals surface area contributed by atoms with Crippen LogP contribution in [0.1, 0.15) is 56.0 Å². The van der Waals surface area contributed by atoms with Gasteiger partial charge in [-0.2, -0.15) is 0 Å². The summed E-state index contributed by atoms with van der Waals surface area (Å²) in [6.45, 7) is 6.54. The van der Waals surface area contributed by atoms with Gasteiger partial charge in [0, 0.05) is 16.9 Å². The molecule has 3 heteroatoms. The van der Waals surface area contributed by atoms with Crippen molar-refractivity contribution in [3.63, 3.8) is 0 Å². The molecule has 1 N–H and O–H groups in total. The topological polar surface area (TPSA) is 29.1 Å². The Morgan fingerprint density at radius 1 is 1.16 bits per heavy atom. The Morgan fingerprint density at radius 2 is 1.79 bits per heavy atom. The molecule has 0 bridgehead atoms. The predicted octanol–water partition coefficient (Wildman–Crippen LogP) is 4.53. The van der Waals surface area contributed by atoms with Gasteiger partial charge in [-0.25, -0.2) is 0 Å². The maximum Gasteiger partial charge on any atom is 0.251 e. The Bertz CT molecular complexity index is 386. The van der Waals surface area contributed by atoms with Crippen molar-refractivity contribution < 1.29 is 4.79 Å². The number of alkyl halides is 1. The number of hydrogen-bond acceptors (Lipinski definition) is 1. The molecule has 0 aliphatic carbocycles. The van der Waals surface area contributed by atoms with Crippen LogP contribution in [0.5, 0.6) is 0 Å². The number of carbonyl (C=O) groups excluding carboxylic acids is 1. The van der Waals surface area contributed by atoms with E-state index >= 15 is 0 Å². The van der Waals surface area contributed by atoms with Gasteiger partial charge in [-0.3, -0.25) is 4.79 Å². The van der Waals surface area contributed by atoms with E-state index in [1.54, 1.807) is 0 Å². The minimum absolute atomic E-state index is 0.0261. The van der Waals surface area contributed by atoms with E-state index in [-0.39, 0.29) is 11.9 Å². The molecule has 0 saturated carbocycles. The number of hydrogen-bond donors (Lipinski definition) is 1. The van der Waals surface area contributed by atoms with Crippen LogP contribution in [0.15, 0.2) is 24.3 Å². The van der Waals surface area contributed by atoms with Crippen molar-refractivity contribution in [1.82, 2.24) is 5.32 Å². The smallest absolute Gasteiger partial charge is 0.251 e. The summed E-state index contributed by atoms with van der Waals surface area (Å²) in [6.07, 6.45) is 3.44. The summed E-state index contributed by atoms with van der Waals surface area (Å²) in [4.78, 5) is 12.0. The quantitative estimate of drug-likeness (QED) is 0.733. The van der Waals surface area contributed by atoms with Crippen molar-refractivity contribution in [3.8, 4) is 0 Å². The summed E-state index contributed by atoms with van der Waals surface area (Å²) in [6, 6.07) is 7.96. The van der Waals surface area contributed by atoms with Crippen LogP contribution in [0, 0.1) is 5.92 Å². The van der Waals surface area contributed by atoms with Gasteiger partial charge >= 0.3 is 0 Å². The van der Waals surface area contributed by atoms with Gasteiger partial charge < -0.3 is 5.32 Å². The average Bonchev–Trinajstić information content (AvgIpc) is 2.38. The molecule has 1 aromatic carbocycles. The van der Waals surface area contributed by atoms with Crippen molar-refractivity contribution in [2.75, 3.05) is 0 Å². The van der Waals surface area contributed by atoms with Gasteiger partial charge in [0.15, 0.2) is 0 Å². The fourth-order valence-electron chi connectivity index (χ4n) is 1.96. The molecular weight excluding hydrogens is 302 g/mol. The fourth-order valence-corrected chi connectivity index (χ4v) is 2.33. The molecule has 1 unspecified atom stereocenters. The van der Waals surface area contributed by atoms with Crippen LogP contribution in [0.3, 0.4) is 0 Å². The molecule has 0 spiro atoms. The molecule has 1 rings (SSSR count). The van der Waals surface area contributed by atoms with Crippen molar-refractivity contribution in [1.29, 1.82) is 0 Å². The zero-order chi connectivity index (χ0) is 14.3. The van der Waals surface area contributed by atoms with E-state index in [4.69, 9.17) is 0 Å². The Morgan fingerprint density at radius 3 is 2.32 bits per heavy atom. The van der Waals surface area contributed by atoms with Gasteiger partial charge in [-0.1, -0.05) is 54.8 Å². The minimum Gasteiger partial charge on any atom is -0.350 e. The second-order valence-corrected chi connectivity index (χ2v) is 6.09. The van der Waals surface area contributed by atoms with E-state index in [1.807, 2.05) is 24.3 Å². The summed E-state index contributed by atoms with van der Waals surface area (Å²) >= 11 is 3.40. The molecule has 0 radical (unpaired) electrons. The molecule has 19 heavy (non-hydrogen) atoms. The first-order valence-corrected chi connectivity index (χ1v) is 8.10. The Labute approximate surface area is 125 Å². The summed E-state index contributed by atoms with van der Waals surface area (Å²) in [5, 5.41) is 3.88. The monoisotopic (exact) mass is 325 g/mol. The van der Waals surface area contributed by atoms with Gasteiger partial charge in [0.05, 0.1) is 0 Å². The number of halogens is 1. The molecule has 0 heterocycles. The summed E-state index contributed by atoms with van der Waals surface area (Å²) < 4.78 is 0. The van der Waals surface area contributed by atoms with Crippen LogP contribution in [-0.4, -0.2) is 11.9 Å². The predicted molar refractivity (Wildman–Crippen MR) is 84.7 cm³/mol. The van der Waals surface area contributed by atoms with Gasteiger partial charge in [0.1, 0.15) is 0 Å². The molecule has 2 nitrogen and oxygen atoms in total. The highest BCUT2D eigenvalue weighted by Crippen LogP contribution is 2.10. The largest absolute Gasteiger partial charge is 0.350 e. The summed E-state index contributed by atoms with van der Waals surface area (Å²) in [5.74, 6) is 0.762. The van der Waals surface area contributed by atoms with Crippen LogP contribution in [-0.2, 0) is 5.33 Å². The number of nitrogens with one attached hydrogen (secondary N) is 1. The molecular formula is C16H24BrNO. The van der Waals surface area contributed by atoms with Gasteiger partial charge in [0.25, 0.3) is 5.91 Å². The fraction of sp³-hybridized carbons (Fsp3) is 0.562. The number of carbonyl (C=O) groups is 1. The highest BCUT2D eigenvalue weighted by atomic mass is 79.9. The Hall–Kier alpha value is -0.830. The van der Waals surface area contributed by atoms with Crippen LogP contribution >= 0.6 is 15.9 Å². The van der Waals surface area contributed by atoms with E-state index in [0.717, 1.165) is 23.2 Å². The van der Waals surface area contributed by atoms with Crippen LogP contribution < -0.4 is 5.32 Å². The zero-order valence-electron chi connectivity index (χ0n) is 12.1. The maximum absolute atomic E-state index is 12.0.